The maximum Gasteiger partial charge on any atom is 0.259 e. The van der Waals surface area contributed by atoms with Crippen LogP contribution < -0.4 is 0 Å². The van der Waals surface area contributed by atoms with E-state index in [9.17, 15) is 0 Å². The third kappa shape index (κ3) is 10.4. The van der Waals surface area contributed by atoms with E-state index in [0.29, 0.717) is 94.7 Å². The van der Waals surface area contributed by atoms with Crippen molar-refractivity contribution in [3.8, 4) is 0 Å². The van der Waals surface area contributed by atoms with E-state index >= 15 is 0 Å². The van der Waals surface area contributed by atoms with Crippen molar-refractivity contribution in [1.82, 2.24) is 9.34 Å². The lowest BCUT2D eigenvalue weighted by molar-refractivity contribution is -0.123. The molecule has 6 rings (SSSR count). The maximum absolute atomic E-state index is 7.59. The van der Waals surface area contributed by atoms with Crippen molar-refractivity contribution in [1.29, 1.82) is 0 Å². The van der Waals surface area contributed by atoms with Crippen molar-refractivity contribution < 1.29 is 18.1 Å². The summed E-state index contributed by atoms with van der Waals surface area (Å²) in [5, 5.41) is 0. The van der Waals surface area contributed by atoms with E-state index in [2.05, 4.69) is 162 Å². The standard InChI is InChI=1S/C54H102N2O4P2/c1-31-27-39(51(9,10)11)47-43(35(31)5)44-36(6)32(2)28-40(52(12,13)14)48(44)58-61(57-47)55(21)25-23-24-26-56(22)62-59-49-41(53(15,16)17)29-33(3)37(7)45(49)46-38(8)34(4)30-42(50(46)60-62)54(18,19)20/h31-50H,23-30H2,1-22H3/t31-,32?,33-,34?,35-,36?,37-,38?,39?,40-,41?,42-,43?,44?,45?,46?,47?,48?,49?,50?,61?,62?/m1/s1. The number of hydrogen-bond donors (Lipinski definition) is 0. The molecule has 22 atom stereocenters. The van der Waals surface area contributed by atoms with E-state index in [1.165, 1.54) is 25.7 Å². The lowest BCUT2D eigenvalue weighted by Crippen LogP contribution is -2.56. The molecule has 0 aromatic heterocycles. The highest BCUT2D eigenvalue weighted by Crippen LogP contribution is 2.66. The largest absolute Gasteiger partial charge is 0.318 e. The first-order chi connectivity index (χ1) is 28.4. The summed E-state index contributed by atoms with van der Waals surface area (Å²) in [6.07, 6.45) is 8.10. The Bertz CT molecular complexity index is 1260. The first-order valence-corrected chi connectivity index (χ1v) is 28.4. The molecule has 4 saturated carbocycles. The van der Waals surface area contributed by atoms with Gasteiger partial charge in [0.1, 0.15) is 0 Å². The summed E-state index contributed by atoms with van der Waals surface area (Å²) in [5.41, 5.74) is 0.722. The first-order valence-electron chi connectivity index (χ1n) is 26.1. The van der Waals surface area contributed by atoms with Gasteiger partial charge >= 0.3 is 0 Å². The molecule has 6 nitrogen and oxygen atoms in total. The summed E-state index contributed by atoms with van der Waals surface area (Å²) in [6, 6.07) is 0. The zero-order valence-electron chi connectivity index (χ0n) is 44.6. The van der Waals surface area contributed by atoms with Crippen molar-refractivity contribution in [2.45, 2.75) is 201 Å². The second kappa shape index (κ2) is 19.2. The first kappa shape index (κ1) is 52.0. The number of nitrogens with zero attached hydrogens (tertiary/aromatic N) is 2. The normalized spacial score (nSPS) is 47.2. The van der Waals surface area contributed by atoms with Gasteiger partial charge in [-0.05, 0) is 169 Å². The van der Waals surface area contributed by atoms with Crippen molar-refractivity contribution in [2.24, 2.45) is 116 Å². The van der Waals surface area contributed by atoms with E-state index in [-0.39, 0.29) is 46.1 Å². The molecule has 6 fully saturated rings. The van der Waals surface area contributed by atoms with Gasteiger partial charge in [0.25, 0.3) is 17.1 Å². The van der Waals surface area contributed by atoms with Crippen molar-refractivity contribution in [3.05, 3.63) is 0 Å². The monoisotopic (exact) mass is 905 g/mol. The lowest BCUT2D eigenvalue weighted by Gasteiger charge is -2.56. The Morgan fingerprint density at radius 3 is 0.742 bits per heavy atom. The molecule has 2 saturated heterocycles. The molecule has 0 amide bonds. The molecular formula is C54H102N2O4P2. The Morgan fingerprint density at radius 1 is 0.371 bits per heavy atom. The van der Waals surface area contributed by atoms with Gasteiger partial charge in [0.2, 0.25) is 0 Å². The number of unbranched alkanes of at least 4 members (excludes halogenated alkanes) is 1. The summed E-state index contributed by atoms with van der Waals surface area (Å²) < 4.78 is 35.4. The van der Waals surface area contributed by atoms with Gasteiger partial charge in [-0.2, -0.15) is 0 Å². The third-order valence-electron chi connectivity index (χ3n) is 19.6. The molecule has 0 N–H and O–H groups in total. The van der Waals surface area contributed by atoms with E-state index in [1.807, 2.05) is 0 Å². The molecule has 6 aliphatic rings. The highest BCUT2D eigenvalue weighted by Gasteiger charge is 2.61. The molecular weight excluding hydrogens is 803 g/mol. The molecule has 2 heterocycles. The fraction of sp³-hybridized carbons (Fsp3) is 1.00. The minimum Gasteiger partial charge on any atom is -0.318 e. The fourth-order valence-electron chi connectivity index (χ4n) is 14.7. The average molecular weight is 905 g/mol. The quantitative estimate of drug-likeness (QED) is 0.187. The van der Waals surface area contributed by atoms with Crippen LogP contribution in [0.4, 0.5) is 0 Å². The minimum atomic E-state index is -1.20. The van der Waals surface area contributed by atoms with Crippen LogP contribution in [-0.2, 0) is 18.1 Å². The van der Waals surface area contributed by atoms with Crippen molar-refractivity contribution in [3.63, 3.8) is 0 Å². The summed E-state index contributed by atoms with van der Waals surface area (Å²) in [6.45, 7) is 52.0. The van der Waals surface area contributed by atoms with Gasteiger partial charge in [-0.15, -0.1) is 0 Å². The second-order valence-electron chi connectivity index (χ2n) is 27.7. The lowest BCUT2D eigenvalue weighted by atomic mass is 9.51. The van der Waals surface area contributed by atoms with Gasteiger partial charge in [-0.1, -0.05) is 138 Å². The van der Waals surface area contributed by atoms with Gasteiger partial charge in [-0.3, -0.25) is 0 Å². The summed E-state index contributed by atoms with van der Waals surface area (Å²) in [7, 11) is 2.22. The molecule has 362 valence electrons. The van der Waals surface area contributed by atoms with Gasteiger partial charge in [-0.25, -0.2) is 9.34 Å². The highest BCUT2D eigenvalue weighted by molar-refractivity contribution is 7.44. The summed E-state index contributed by atoms with van der Waals surface area (Å²) in [4.78, 5) is 0. The highest BCUT2D eigenvalue weighted by atomic mass is 31.2. The van der Waals surface area contributed by atoms with Gasteiger partial charge in [0, 0.05) is 13.1 Å². The van der Waals surface area contributed by atoms with E-state index < -0.39 is 17.1 Å². The van der Waals surface area contributed by atoms with Crippen LogP contribution in [0.3, 0.4) is 0 Å². The number of hydrogen-bond acceptors (Lipinski definition) is 6. The van der Waals surface area contributed by atoms with Crippen LogP contribution in [0.15, 0.2) is 0 Å². The van der Waals surface area contributed by atoms with Gasteiger partial charge < -0.3 is 18.1 Å². The third-order valence-corrected chi connectivity index (χ3v) is 22.8. The topological polar surface area (TPSA) is 43.4 Å². The molecule has 0 radical (unpaired) electrons. The molecule has 4 aliphatic carbocycles. The second-order valence-corrected chi connectivity index (χ2v) is 30.9. The zero-order chi connectivity index (χ0) is 46.3. The molecule has 0 aromatic carbocycles. The Hall–Kier alpha value is 0.620. The smallest absolute Gasteiger partial charge is 0.259 e. The molecule has 0 bridgehead atoms. The van der Waals surface area contributed by atoms with E-state index in [4.69, 9.17) is 18.1 Å². The van der Waals surface area contributed by atoms with Crippen LogP contribution in [-0.4, -0.2) is 60.9 Å². The molecule has 16 unspecified atom stereocenters. The molecule has 0 spiro atoms. The molecule has 8 heteroatoms. The summed E-state index contributed by atoms with van der Waals surface area (Å²) >= 11 is 0. The average Bonchev–Trinajstić information content (AvgIpc) is 3.44. The summed E-state index contributed by atoms with van der Waals surface area (Å²) in [5.74, 6) is 9.42. The predicted molar refractivity (Wildman–Crippen MR) is 265 cm³/mol. The molecule has 0 aromatic rings. The molecule has 62 heavy (non-hydrogen) atoms. The van der Waals surface area contributed by atoms with Crippen LogP contribution >= 0.6 is 17.1 Å². The van der Waals surface area contributed by atoms with Crippen LogP contribution in [0.25, 0.3) is 0 Å². The predicted octanol–water partition coefficient (Wildman–Crippen LogP) is 15.5. The minimum absolute atomic E-state index is 0.180. The Balaban J connectivity index is 1.22. The van der Waals surface area contributed by atoms with Crippen LogP contribution in [0.1, 0.15) is 177 Å². The maximum atomic E-state index is 7.59. The van der Waals surface area contributed by atoms with Gasteiger partial charge in [0.05, 0.1) is 24.4 Å². The van der Waals surface area contributed by atoms with Crippen LogP contribution in [0.2, 0.25) is 0 Å². The SMILES string of the molecule is CC1C[C@@H](C(C)(C)C)C2OP(N(C)CCCCN(C)P3OC4C(C5C(C)C(C)C[C@@H](C(C)(C)C)C5O3)[C@H](C)[C@H](C)CC4C(C)(C)C)OC3C(C2C1C)[C@H](C)[C@H](C)CC3C(C)(C)C. The molecule has 2 aliphatic heterocycles. The fourth-order valence-corrected chi connectivity index (χ4v) is 18.0. The van der Waals surface area contributed by atoms with Crippen LogP contribution in [0, 0.1) is 116 Å². The van der Waals surface area contributed by atoms with Crippen LogP contribution in [0.5, 0.6) is 0 Å². The Morgan fingerprint density at radius 2 is 0.565 bits per heavy atom. The van der Waals surface area contributed by atoms with E-state index in [1.54, 1.807) is 0 Å². The number of fused-ring (bicyclic) bond motifs is 6. The Labute approximate surface area is 387 Å². The van der Waals surface area contributed by atoms with Crippen molar-refractivity contribution in [2.75, 3.05) is 27.2 Å². The number of rotatable bonds is 7. The van der Waals surface area contributed by atoms with Gasteiger partial charge in [0.15, 0.2) is 0 Å². The Kier molecular flexibility index (Phi) is 16.1. The zero-order valence-corrected chi connectivity index (χ0v) is 46.4. The van der Waals surface area contributed by atoms with Crippen molar-refractivity contribution >= 4 is 17.1 Å². The van der Waals surface area contributed by atoms with E-state index in [0.717, 1.165) is 25.9 Å².